The molecule has 2 amide bonds. The van der Waals surface area contributed by atoms with E-state index >= 15 is 0 Å². The fourth-order valence-corrected chi connectivity index (χ4v) is 3.57. The molecule has 0 aromatic heterocycles. The van der Waals surface area contributed by atoms with Gasteiger partial charge >= 0.3 is 0 Å². The average Bonchev–Trinajstić information content (AvgIpc) is 2.73. The molecular weight excluding hydrogens is 340 g/mol. The van der Waals surface area contributed by atoms with Gasteiger partial charge in [-0.1, -0.05) is 18.2 Å². The van der Waals surface area contributed by atoms with Crippen LogP contribution in [0.2, 0.25) is 0 Å². The molecule has 0 saturated carbocycles. The number of amides is 2. The second-order valence-corrected chi connectivity index (χ2v) is 7.08. The smallest absolute Gasteiger partial charge is 0.246 e. The number of nitrogens with zero attached hydrogens (tertiary/aromatic N) is 4. The topological polar surface area (TPSA) is 67.6 Å². The Bertz CT molecular complexity index is 739. The molecule has 0 spiro atoms. The van der Waals surface area contributed by atoms with E-state index in [9.17, 15) is 9.59 Å². The molecule has 2 fully saturated rings. The number of rotatable bonds is 4. The van der Waals surface area contributed by atoms with E-state index in [4.69, 9.17) is 5.26 Å². The first kappa shape index (κ1) is 19.1. The van der Waals surface area contributed by atoms with Crippen LogP contribution in [0.15, 0.2) is 30.3 Å². The van der Waals surface area contributed by atoms with Gasteiger partial charge in [0.2, 0.25) is 11.8 Å². The Labute approximate surface area is 160 Å². The standard InChI is InChI=1S/C21H26N4O2/c22-16-19-7-3-2-6-18(19)8-9-20(26)25-14-12-23(13-15-25)17-21(27)24-10-4-1-5-11-24/h2-3,6-9H,1,4-5,10-15,17H2/b9-8+. The van der Waals surface area contributed by atoms with E-state index in [1.807, 2.05) is 23.1 Å². The number of carbonyl (C=O) groups excluding carboxylic acids is 2. The van der Waals surface area contributed by atoms with Crippen LogP contribution in [0, 0.1) is 11.3 Å². The van der Waals surface area contributed by atoms with E-state index < -0.39 is 0 Å². The van der Waals surface area contributed by atoms with Crippen molar-refractivity contribution in [2.75, 3.05) is 45.8 Å². The summed E-state index contributed by atoms with van der Waals surface area (Å²) in [5.41, 5.74) is 1.31. The number of piperazine rings is 1. The first-order valence-corrected chi connectivity index (χ1v) is 9.63. The second-order valence-electron chi connectivity index (χ2n) is 7.08. The number of benzene rings is 1. The Balaban J connectivity index is 1.47. The minimum Gasteiger partial charge on any atom is -0.342 e. The minimum atomic E-state index is -0.0512. The molecule has 0 radical (unpaired) electrons. The van der Waals surface area contributed by atoms with Crippen LogP contribution >= 0.6 is 0 Å². The molecule has 0 N–H and O–H groups in total. The van der Waals surface area contributed by atoms with Gasteiger partial charge < -0.3 is 9.80 Å². The van der Waals surface area contributed by atoms with Crippen LogP contribution in [0.25, 0.3) is 6.08 Å². The van der Waals surface area contributed by atoms with Crippen LogP contribution in [-0.4, -0.2) is 72.3 Å². The molecule has 142 valence electrons. The molecule has 6 nitrogen and oxygen atoms in total. The first-order valence-electron chi connectivity index (χ1n) is 9.63. The summed E-state index contributed by atoms with van der Waals surface area (Å²) in [6, 6.07) is 9.35. The maximum absolute atomic E-state index is 12.4. The zero-order valence-corrected chi connectivity index (χ0v) is 15.6. The van der Waals surface area contributed by atoms with Gasteiger partial charge in [0.25, 0.3) is 0 Å². The van der Waals surface area contributed by atoms with Crippen LogP contribution in [0.4, 0.5) is 0 Å². The lowest BCUT2D eigenvalue weighted by atomic mass is 10.1. The lowest BCUT2D eigenvalue weighted by Gasteiger charge is -2.35. The zero-order chi connectivity index (χ0) is 19.1. The van der Waals surface area contributed by atoms with Crippen LogP contribution < -0.4 is 0 Å². The summed E-state index contributed by atoms with van der Waals surface area (Å²) in [5.74, 6) is 0.159. The quantitative estimate of drug-likeness (QED) is 0.761. The fraction of sp³-hybridized carbons (Fsp3) is 0.476. The third-order valence-electron chi connectivity index (χ3n) is 5.24. The normalized spacial score (nSPS) is 18.5. The predicted octanol–water partition coefficient (Wildman–Crippen LogP) is 1.73. The molecule has 6 heteroatoms. The highest BCUT2D eigenvalue weighted by Gasteiger charge is 2.24. The SMILES string of the molecule is N#Cc1ccccc1/C=C/C(=O)N1CCN(CC(=O)N2CCCCC2)CC1. The molecule has 0 unspecified atom stereocenters. The van der Waals surface area contributed by atoms with Crippen LogP contribution in [-0.2, 0) is 9.59 Å². The van der Waals surface area contributed by atoms with E-state index in [-0.39, 0.29) is 11.8 Å². The molecule has 1 aromatic carbocycles. The molecule has 0 aliphatic carbocycles. The Hall–Kier alpha value is -2.65. The molecule has 0 atom stereocenters. The maximum atomic E-state index is 12.4. The number of likely N-dealkylation sites (tertiary alicyclic amines) is 1. The summed E-state index contributed by atoms with van der Waals surface area (Å²) in [5, 5.41) is 9.11. The zero-order valence-electron chi connectivity index (χ0n) is 15.6. The number of piperidine rings is 1. The van der Waals surface area contributed by atoms with E-state index in [2.05, 4.69) is 11.0 Å². The van der Waals surface area contributed by atoms with Crippen LogP contribution in [0.5, 0.6) is 0 Å². The van der Waals surface area contributed by atoms with Gasteiger partial charge in [0, 0.05) is 45.3 Å². The molecule has 2 aliphatic heterocycles. The molecule has 1 aromatic rings. The van der Waals surface area contributed by atoms with Gasteiger partial charge in [-0.3, -0.25) is 14.5 Å². The van der Waals surface area contributed by atoms with Crippen molar-refractivity contribution in [1.29, 1.82) is 5.26 Å². The van der Waals surface area contributed by atoms with Gasteiger partial charge in [-0.2, -0.15) is 5.26 Å². The highest BCUT2D eigenvalue weighted by atomic mass is 16.2. The summed E-state index contributed by atoms with van der Waals surface area (Å²) >= 11 is 0. The van der Waals surface area contributed by atoms with Crippen molar-refractivity contribution in [3.05, 3.63) is 41.5 Å². The number of carbonyl (C=O) groups is 2. The summed E-state index contributed by atoms with van der Waals surface area (Å²) in [6.45, 7) is 4.89. The van der Waals surface area contributed by atoms with E-state index in [1.54, 1.807) is 17.0 Å². The third kappa shape index (κ3) is 5.18. The Kier molecular flexibility index (Phi) is 6.61. The maximum Gasteiger partial charge on any atom is 0.246 e. The third-order valence-corrected chi connectivity index (χ3v) is 5.24. The van der Waals surface area contributed by atoms with E-state index in [0.29, 0.717) is 38.3 Å². The van der Waals surface area contributed by atoms with Crippen molar-refractivity contribution in [3.63, 3.8) is 0 Å². The summed E-state index contributed by atoms with van der Waals surface area (Å²) < 4.78 is 0. The molecule has 3 rings (SSSR count). The fourth-order valence-electron chi connectivity index (χ4n) is 3.57. The lowest BCUT2D eigenvalue weighted by molar-refractivity contribution is -0.134. The first-order chi connectivity index (χ1) is 13.2. The van der Waals surface area contributed by atoms with Crippen molar-refractivity contribution in [2.24, 2.45) is 0 Å². The highest BCUT2D eigenvalue weighted by molar-refractivity contribution is 5.92. The Morgan fingerprint density at radius 3 is 2.37 bits per heavy atom. The number of hydrogen-bond donors (Lipinski definition) is 0. The van der Waals surface area contributed by atoms with Gasteiger partial charge in [0.05, 0.1) is 18.2 Å². The minimum absolute atomic E-state index is 0.0512. The average molecular weight is 366 g/mol. The van der Waals surface area contributed by atoms with E-state index in [1.165, 1.54) is 12.5 Å². The van der Waals surface area contributed by atoms with Crippen molar-refractivity contribution in [1.82, 2.24) is 14.7 Å². The van der Waals surface area contributed by atoms with Gasteiger partial charge in [-0.25, -0.2) is 0 Å². The van der Waals surface area contributed by atoms with Gasteiger partial charge in [-0.15, -0.1) is 0 Å². The second kappa shape index (κ2) is 9.33. The van der Waals surface area contributed by atoms with Crippen molar-refractivity contribution in [2.45, 2.75) is 19.3 Å². The summed E-state index contributed by atoms with van der Waals surface area (Å²) in [7, 11) is 0. The Morgan fingerprint density at radius 2 is 1.67 bits per heavy atom. The molecule has 0 bridgehead atoms. The monoisotopic (exact) mass is 366 g/mol. The van der Waals surface area contributed by atoms with Gasteiger partial charge in [0.15, 0.2) is 0 Å². The molecule has 2 aliphatic rings. The summed E-state index contributed by atoms with van der Waals surface area (Å²) in [4.78, 5) is 30.7. The largest absolute Gasteiger partial charge is 0.342 e. The van der Waals surface area contributed by atoms with Gasteiger partial charge in [0.1, 0.15) is 0 Å². The number of nitriles is 1. The Morgan fingerprint density at radius 1 is 0.963 bits per heavy atom. The van der Waals surface area contributed by atoms with Gasteiger partial charge in [-0.05, 0) is 37.0 Å². The van der Waals surface area contributed by atoms with Crippen molar-refractivity contribution >= 4 is 17.9 Å². The molecular formula is C21H26N4O2. The predicted molar refractivity (Wildman–Crippen MR) is 104 cm³/mol. The molecule has 27 heavy (non-hydrogen) atoms. The summed E-state index contributed by atoms with van der Waals surface area (Å²) in [6.07, 6.45) is 6.67. The van der Waals surface area contributed by atoms with Crippen LogP contribution in [0.1, 0.15) is 30.4 Å². The number of hydrogen-bond acceptors (Lipinski definition) is 4. The molecule has 2 saturated heterocycles. The van der Waals surface area contributed by atoms with Crippen molar-refractivity contribution < 1.29 is 9.59 Å². The van der Waals surface area contributed by atoms with Crippen molar-refractivity contribution in [3.8, 4) is 6.07 Å². The highest BCUT2D eigenvalue weighted by Crippen LogP contribution is 2.12. The van der Waals surface area contributed by atoms with E-state index in [0.717, 1.165) is 31.5 Å². The van der Waals surface area contributed by atoms with Crippen LogP contribution in [0.3, 0.4) is 0 Å². The molecule has 2 heterocycles. The lowest BCUT2D eigenvalue weighted by Crippen LogP contribution is -2.51.